The van der Waals surface area contributed by atoms with Crippen LogP contribution in [-0.2, 0) is 0 Å². The lowest BCUT2D eigenvalue weighted by atomic mass is 9.94. The molecule has 0 atom stereocenters. The van der Waals surface area contributed by atoms with Crippen LogP contribution in [0.1, 0.15) is 12.8 Å². The van der Waals surface area contributed by atoms with Crippen LogP contribution in [0.5, 0.6) is 0 Å². The van der Waals surface area contributed by atoms with E-state index in [1.165, 1.54) is 98.4 Å². The largest absolute Gasteiger partial charge is 0.313 e. The highest BCUT2D eigenvalue weighted by atomic mass is 15.0. The molecule has 0 radical (unpaired) electrons. The van der Waals surface area contributed by atoms with Crippen molar-refractivity contribution in [3.05, 3.63) is 170 Å². The monoisotopic (exact) mass is 636 g/mol. The summed E-state index contributed by atoms with van der Waals surface area (Å²) in [6, 6.07) is 56.4. The molecule has 0 N–H and O–H groups in total. The van der Waals surface area contributed by atoms with E-state index in [-0.39, 0.29) is 0 Å². The first-order valence-corrected chi connectivity index (χ1v) is 17.6. The van der Waals surface area contributed by atoms with Gasteiger partial charge in [-0.3, -0.25) is 0 Å². The highest BCUT2D eigenvalue weighted by Gasteiger charge is 2.18. The molecular weight excluding hydrogens is 605 g/mol. The molecule has 1 aliphatic carbocycles. The second kappa shape index (κ2) is 10.6. The average molecular weight is 637 g/mol. The van der Waals surface area contributed by atoms with E-state index >= 15 is 0 Å². The Bertz CT molecular complexity index is 3060. The van der Waals surface area contributed by atoms with E-state index in [4.69, 9.17) is 0 Å². The summed E-state index contributed by atoms with van der Waals surface area (Å²) >= 11 is 0. The van der Waals surface area contributed by atoms with Crippen LogP contribution in [0.25, 0.3) is 98.4 Å². The van der Waals surface area contributed by atoms with Gasteiger partial charge in [-0.25, -0.2) is 0 Å². The molecule has 0 bridgehead atoms. The number of hydrogen-bond acceptors (Lipinski definition) is 0. The van der Waals surface area contributed by atoms with Crippen LogP contribution < -0.4 is 0 Å². The zero-order valence-corrected chi connectivity index (χ0v) is 27.5. The molecule has 0 saturated carbocycles. The summed E-state index contributed by atoms with van der Waals surface area (Å²) in [5.74, 6) is 0. The van der Waals surface area contributed by atoms with Crippen molar-refractivity contribution in [3.63, 3.8) is 0 Å². The topological polar surface area (TPSA) is 9.86 Å². The molecule has 0 aliphatic heterocycles. The van der Waals surface area contributed by atoms with Gasteiger partial charge in [0.2, 0.25) is 0 Å². The second-order valence-corrected chi connectivity index (χ2v) is 13.6. The third-order valence-corrected chi connectivity index (χ3v) is 10.9. The fourth-order valence-corrected chi connectivity index (χ4v) is 8.70. The molecule has 0 saturated heterocycles. The highest BCUT2D eigenvalue weighted by molar-refractivity contribution is 6.25. The van der Waals surface area contributed by atoms with Gasteiger partial charge in [0.05, 0.1) is 22.1 Å². The molecule has 1 aliphatic rings. The lowest BCUT2D eigenvalue weighted by molar-refractivity contribution is 0.979. The summed E-state index contributed by atoms with van der Waals surface area (Å²) < 4.78 is 4.91. The quantitative estimate of drug-likeness (QED) is 0.171. The Morgan fingerprint density at radius 2 is 0.840 bits per heavy atom. The first-order valence-electron chi connectivity index (χ1n) is 17.6. The van der Waals surface area contributed by atoms with Gasteiger partial charge in [0.25, 0.3) is 0 Å². The van der Waals surface area contributed by atoms with Crippen molar-refractivity contribution < 1.29 is 0 Å². The molecule has 2 heteroatoms. The van der Waals surface area contributed by atoms with E-state index in [1.807, 2.05) is 0 Å². The third-order valence-electron chi connectivity index (χ3n) is 10.9. The number of hydrogen-bond donors (Lipinski definition) is 0. The number of rotatable bonds is 3. The number of para-hydroxylation sites is 2. The van der Waals surface area contributed by atoms with Gasteiger partial charge in [-0.1, -0.05) is 115 Å². The zero-order chi connectivity index (χ0) is 32.8. The number of aromatic nitrogens is 2. The second-order valence-electron chi connectivity index (χ2n) is 13.6. The lowest BCUT2D eigenvalue weighted by Crippen LogP contribution is -1.98. The van der Waals surface area contributed by atoms with Crippen LogP contribution in [0, 0.1) is 0 Å². The molecule has 0 amide bonds. The summed E-state index contributed by atoms with van der Waals surface area (Å²) in [4.78, 5) is 0. The first kappa shape index (κ1) is 27.6. The standard InChI is InChI=1S/C48H32N2/c1-2-12-33(13-3-1)49-45-20-10-8-18-40(45)43-28-31(22-26-47(43)49)32-23-27-48-44(29-32)41-19-9-11-21-46(41)50(48)34-24-25-39-37-16-5-4-14-35(37)36-15-6-7-17-38(36)42(39)30-34/h1-2,4-12,14-30H,3,13H2. The minimum atomic E-state index is 1.05. The number of nitrogens with zero attached hydrogens (tertiary/aromatic N) is 2. The fourth-order valence-electron chi connectivity index (χ4n) is 8.70. The summed E-state index contributed by atoms with van der Waals surface area (Å²) in [7, 11) is 0. The Morgan fingerprint density at radius 1 is 0.360 bits per heavy atom. The van der Waals surface area contributed by atoms with Gasteiger partial charge in [-0.2, -0.15) is 0 Å². The highest BCUT2D eigenvalue weighted by Crippen LogP contribution is 2.41. The van der Waals surface area contributed by atoms with Crippen LogP contribution in [0.4, 0.5) is 0 Å². The Labute approximate surface area is 289 Å². The molecule has 8 aromatic carbocycles. The summed E-state index contributed by atoms with van der Waals surface area (Å²) in [6.45, 7) is 0. The van der Waals surface area contributed by atoms with Crippen LogP contribution in [0.15, 0.2) is 170 Å². The molecule has 0 fully saturated rings. The minimum absolute atomic E-state index is 1.05. The average Bonchev–Trinajstić information content (AvgIpc) is 3.70. The number of fused-ring (bicyclic) bond motifs is 12. The molecule has 2 aromatic heterocycles. The van der Waals surface area contributed by atoms with Gasteiger partial charge < -0.3 is 9.13 Å². The van der Waals surface area contributed by atoms with Crippen molar-refractivity contribution in [1.29, 1.82) is 0 Å². The maximum Gasteiger partial charge on any atom is 0.0541 e. The maximum atomic E-state index is 2.46. The van der Waals surface area contributed by atoms with Crippen LogP contribution in [0.2, 0.25) is 0 Å². The Morgan fingerprint density at radius 3 is 1.42 bits per heavy atom. The molecule has 234 valence electrons. The summed E-state index contributed by atoms with van der Waals surface area (Å²) in [5, 5.41) is 12.9. The van der Waals surface area contributed by atoms with E-state index in [1.54, 1.807) is 0 Å². The van der Waals surface area contributed by atoms with Crippen molar-refractivity contribution >= 4 is 81.6 Å². The molecule has 11 rings (SSSR count). The molecule has 0 spiro atoms. The fraction of sp³-hybridized carbons (Fsp3) is 0.0417. The van der Waals surface area contributed by atoms with Gasteiger partial charge in [-0.05, 0) is 111 Å². The molecule has 0 unspecified atom stereocenters. The molecule has 2 heterocycles. The molecule has 2 nitrogen and oxygen atoms in total. The number of benzene rings is 8. The van der Waals surface area contributed by atoms with Gasteiger partial charge in [0.1, 0.15) is 0 Å². The predicted molar refractivity (Wildman–Crippen MR) is 214 cm³/mol. The molecule has 50 heavy (non-hydrogen) atoms. The Kier molecular flexibility index (Phi) is 5.82. The van der Waals surface area contributed by atoms with Crippen molar-refractivity contribution in [2.24, 2.45) is 0 Å². The van der Waals surface area contributed by atoms with Crippen molar-refractivity contribution in [2.75, 3.05) is 0 Å². The van der Waals surface area contributed by atoms with E-state index in [0.29, 0.717) is 0 Å². The van der Waals surface area contributed by atoms with E-state index in [9.17, 15) is 0 Å². The minimum Gasteiger partial charge on any atom is -0.313 e. The SMILES string of the molecule is C1=CCCC(n2c3ccccc3c3cc(-c4ccc5c(c4)c4ccccc4n5-c4ccc5c6ccccc6c6ccccc6c5c4)ccc32)=C1. The molecule has 10 aromatic rings. The van der Waals surface area contributed by atoms with Crippen LogP contribution >= 0.6 is 0 Å². The van der Waals surface area contributed by atoms with Crippen LogP contribution in [0.3, 0.4) is 0 Å². The Balaban J connectivity index is 1.12. The van der Waals surface area contributed by atoms with E-state index in [0.717, 1.165) is 12.8 Å². The third kappa shape index (κ3) is 3.90. The van der Waals surface area contributed by atoms with Crippen molar-refractivity contribution in [2.45, 2.75) is 12.8 Å². The lowest BCUT2D eigenvalue weighted by Gasteiger charge is -2.14. The maximum absolute atomic E-state index is 2.46. The first-order chi connectivity index (χ1) is 24.8. The smallest absolute Gasteiger partial charge is 0.0541 e. The number of allylic oxidation sites excluding steroid dienone is 4. The summed E-state index contributed by atoms with van der Waals surface area (Å²) in [5.41, 5.74) is 9.98. The zero-order valence-electron chi connectivity index (χ0n) is 27.5. The summed E-state index contributed by atoms with van der Waals surface area (Å²) in [6.07, 6.45) is 8.86. The van der Waals surface area contributed by atoms with Crippen LogP contribution in [-0.4, -0.2) is 9.13 Å². The van der Waals surface area contributed by atoms with E-state index in [2.05, 4.69) is 179 Å². The predicted octanol–water partition coefficient (Wildman–Crippen LogP) is 13.2. The van der Waals surface area contributed by atoms with Gasteiger partial charge in [0.15, 0.2) is 0 Å². The van der Waals surface area contributed by atoms with Crippen molar-refractivity contribution in [3.8, 4) is 16.8 Å². The Hall–Kier alpha value is -6.38. The normalized spacial score (nSPS) is 13.5. The van der Waals surface area contributed by atoms with Gasteiger partial charge in [0, 0.05) is 32.9 Å². The molecular formula is C48H32N2. The van der Waals surface area contributed by atoms with Gasteiger partial charge >= 0.3 is 0 Å². The van der Waals surface area contributed by atoms with E-state index < -0.39 is 0 Å². The van der Waals surface area contributed by atoms with Crippen molar-refractivity contribution in [1.82, 2.24) is 9.13 Å². The van der Waals surface area contributed by atoms with Gasteiger partial charge in [-0.15, -0.1) is 0 Å².